The van der Waals surface area contributed by atoms with Gasteiger partial charge in [0.1, 0.15) is 0 Å². The maximum atomic E-state index is 3.64. The number of halogens is 1. The first-order valence-electron chi connectivity index (χ1n) is 3.47. The molecule has 2 heteroatoms. The smallest absolute Gasteiger partial charge is 0.341 e. The molecule has 0 radical (unpaired) electrons. The summed E-state index contributed by atoms with van der Waals surface area (Å²) < 4.78 is 0. The summed E-state index contributed by atoms with van der Waals surface area (Å²) in [6, 6.07) is 12.5. The summed E-state index contributed by atoms with van der Waals surface area (Å²) in [7, 11) is 0. The summed E-state index contributed by atoms with van der Waals surface area (Å²) in [5.74, 6) is 0.583. The van der Waals surface area contributed by atoms with Gasteiger partial charge in [-0.05, 0) is 0 Å². The van der Waals surface area contributed by atoms with Gasteiger partial charge in [0, 0.05) is 0 Å². The van der Waals surface area contributed by atoms with Crippen LogP contribution in [0.1, 0.15) is 13.8 Å². The van der Waals surface area contributed by atoms with Gasteiger partial charge in [0.15, 0.2) is 0 Å². The molecule has 0 aliphatic rings. The normalized spacial score (nSPS) is 7.00. The summed E-state index contributed by atoms with van der Waals surface area (Å²) in [4.78, 5) is 0. The first-order chi connectivity index (χ1) is 4.73. The van der Waals surface area contributed by atoms with E-state index in [1.807, 2.05) is 30.3 Å². The average molecular weight is 239 g/mol. The standard InChI is InChI=1S/C6H5.C4H9.BrH.Mg/c1-2-4-6-5-3-1;1-4(2)3;;/h1-5H;4H,1H2,2-3H3;1H;/q2*-1;;+2. The Bertz CT molecular complexity index is 110. The van der Waals surface area contributed by atoms with E-state index in [1.165, 1.54) is 0 Å². The molecule has 0 N–H and O–H groups in total. The number of hydrogen-bond acceptors (Lipinski definition) is 0. The Kier molecular flexibility index (Phi) is 21.4. The van der Waals surface area contributed by atoms with E-state index >= 15 is 0 Å². The average Bonchev–Trinajstić information content (AvgIpc) is 1.90. The SMILES string of the molecule is Br.[CH2-]C(C)C.[Mg+2].[c-]1ccccc1. The van der Waals surface area contributed by atoms with Gasteiger partial charge in [0.2, 0.25) is 0 Å². The van der Waals surface area contributed by atoms with Crippen LogP contribution in [0.4, 0.5) is 0 Å². The van der Waals surface area contributed by atoms with E-state index in [2.05, 4.69) is 26.8 Å². The van der Waals surface area contributed by atoms with E-state index in [0.717, 1.165) is 0 Å². The van der Waals surface area contributed by atoms with Gasteiger partial charge < -0.3 is 6.92 Å². The molecule has 1 aromatic rings. The molecule has 64 valence electrons. The van der Waals surface area contributed by atoms with E-state index in [9.17, 15) is 0 Å². The first-order valence-corrected chi connectivity index (χ1v) is 3.47. The summed E-state index contributed by atoms with van der Waals surface area (Å²) in [5.41, 5.74) is 0. The van der Waals surface area contributed by atoms with Crippen LogP contribution in [0, 0.1) is 18.9 Å². The van der Waals surface area contributed by atoms with Crippen molar-refractivity contribution >= 4 is 40.0 Å². The molecular weight excluding hydrogens is 224 g/mol. The molecule has 0 aromatic heterocycles. The Morgan fingerprint density at radius 3 is 1.50 bits per heavy atom. The van der Waals surface area contributed by atoms with E-state index in [1.54, 1.807) is 0 Å². The first kappa shape index (κ1) is 18.3. The van der Waals surface area contributed by atoms with Crippen molar-refractivity contribution < 1.29 is 0 Å². The van der Waals surface area contributed by atoms with Crippen molar-refractivity contribution in [2.75, 3.05) is 0 Å². The van der Waals surface area contributed by atoms with Crippen molar-refractivity contribution in [3.05, 3.63) is 43.3 Å². The van der Waals surface area contributed by atoms with Crippen LogP contribution in [0.3, 0.4) is 0 Å². The molecule has 0 spiro atoms. The molecule has 0 aliphatic heterocycles. The Hall–Kier alpha value is 0.466. The minimum Gasteiger partial charge on any atom is -0.341 e. The molecular formula is C10H15BrMg. The van der Waals surface area contributed by atoms with Crippen molar-refractivity contribution in [1.82, 2.24) is 0 Å². The molecule has 0 saturated heterocycles. The zero-order valence-corrected chi connectivity index (χ0v) is 10.9. The van der Waals surface area contributed by atoms with E-state index in [-0.39, 0.29) is 40.0 Å². The molecule has 12 heavy (non-hydrogen) atoms. The largest absolute Gasteiger partial charge is 2.00 e. The molecule has 1 rings (SSSR count). The topological polar surface area (TPSA) is 0 Å². The van der Waals surface area contributed by atoms with Crippen LogP contribution in [0.25, 0.3) is 0 Å². The molecule has 0 nitrogen and oxygen atoms in total. The van der Waals surface area contributed by atoms with Crippen LogP contribution < -0.4 is 0 Å². The molecule has 0 bridgehead atoms. The Morgan fingerprint density at radius 1 is 1.08 bits per heavy atom. The second-order valence-corrected chi connectivity index (χ2v) is 2.47. The van der Waals surface area contributed by atoms with Crippen LogP contribution in [0.5, 0.6) is 0 Å². The van der Waals surface area contributed by atoms with Crippen LogP contribution in [0.2, 0.25) is 0 Å². The molecule has 0 heterocycles. The fourth-order valence-corrected chi connectivity index (χ4v) is 0.342. The fraction of sp³-hybridized carbons (Fsp3) is 0.300. The van der Waals surface area contributed by atoms with Gasteiger partial charge >= 0.3 is 23.1 Å². The van der Waals surface area contributed by atoms with Gasteiger partial charge in [-0.15, -0.1) is 17.0 Å². The monoisotopic (exact) mass is 238 g/mol. The van der Waals surface area contributed by atoms with Crippen molar-refractivity contribution in [3.8, 4) is 0 Å². The third kappa shape index (κ3) is 22.4. The van der Waals surface area contributed by atoms with Gasteiger partial charge in [-0.2, -0.15) is 42.3 Å². The third-order valence-corrected chi connectivity index (χ3v) is 0.607. The number of benzene rings is 1. The second-order valence-electron chi connectivity index (χ2n) is 2.47. The van der Waals surface area contributed by atoms with E-state index < -0.39 is 0 Å². The summed E-state index contributed by atoms with van der Waals surface area (Å²) in [5, 5.41) is 0. The van der Waals surface area contributed by atoms with Crippen molar-refractivity contribution in [1.29, 1.82) is 0 Å². The summed E-state index contributed by atoms with van der Waals surface area (Å²) >= 11 is 0. The predicted molar refractivity (Wildman–Crippen MR) is 61.5 cm³/mol. The van der Waals surface area contributed by atoms with Crippen LogP contribution >= 0.6 is 17.0 Å². The van der Waals surface area contributed by atoms with Crippen molar-refractivity contribution in [2.24, 2.45) is 5.92 Å². The Morgan fingerprint density at radius 2 is 1.42 bits per heavy atom. The van der Waals surface area contributed by atoms with Crippen molar-refractivity contribution in [3.63, 3.8) is 0 Å². The third-order valence-electron chi connectivity index (χ3n) is 0.607. The van der Waals surface area contributed by atoms with Crippen LogP contribution in [0.15, 0.2) is 30.3 Å². The minimum atomic E-state index is 0. The van der Waals surface area contributed by atoms with Gasteiger partial charge in [-0.3, -0.25) is 0 Å². The molecule has 0 amide bonds. The number of hydrogen-bond donors (Lipinski definition) is 0. The molecule has 0 fully saturated rings. The second kappa shape index (κ2) is 14.0. The Labute approximate surface area is 103 Å². The molecule has 0 saturated carbocycles. The molecule has 0 unspecified atom stereocenters. The zero-order valence-electron chi connectivity index (χ0n) is 7.79. The minimum absolute atomic E-state index is 0. The van der Waals surface area contributed by atoms with Gasteiger partial charge in [0.25, 0.3) is 0 Å². The van der Waals surface area contributed by atoms with E-state index in [4.69, 9.17) is 0 Å². The quantitative estimate of drug-likeness (QED) is 0.482. The molecule has 0 aliphatic carbocycles. The fourth-order valence-electron chi connectivity index (χ4n) is 0.342. The molecule has 1 aromatic carbocycles. The van der Waals surface area contributed by atoms with Crippen LogP contribution in [-0.4, -0.2) is 23.1 Å². The Balaban J connectivity index is -0.000000124. The maximum absolute atomic E-state index is 3.64. The summed E-state index contributed by atoms with van der Waals surface area (Å²) in [6.45, 7) is 7.75. The molecule has 0 atom stereocenters. The van der Waals surface area contributed by atoms with Crippen molar-refractivity contribution in [2.45, 2.75) is 13.8 Å². The van der Waals surface area contributed by atoms with Gasteiger partial charge in [0.05, 0.1) is 0 Å². The maximum Gasteiger partial charge on any atom is 2.00 e. The number of rotatable bonds is 0. The zero-order chi connectivity index (χ0) is 7.82. The van der Waals surface area contributed by atoms with Gasteiger partial charge in [-0.1, -0.05) is 13.8 Å². The summed E-state index contributed by atoms with van der Waals surface area (Å²) in [6.07, 6.45) is 0. The van der Waals surface area contributed by atoms with Gasteiger partial charge in [-0.25, -0.2) is 0 Å². The van der Waals surface area contributed by atoms with E-state index in [0.29, 0.717) is 5.92 Å². The van der Waals surface area contributed by atoms with Crippen LogP contribution in [-0.2, 0) is 0 Å². The predicted octanol–water partition coefficient (Wildman–Crippen LogP) is 3.16.